The van der Waals surface area contributed by atoms with Gasteiger partial charge in [-0.2, -0.15) is 0 Å². The average Bonchev–Trinajstić information content (AvgIpc) is 2.73. The second kappa shape index (κ2) is 5.54. The maximum Gasteiger partial charge on any atom is 0.185 e. The van der Waals surface area contributed by atoms with Gasteiger partial charge in [0.25, 0.3) is 0 Å². The van der Waals surface area contributed by atoms with Crippen molar-refractivity contribution >= 4 is 26.3 Å². The van der Waals surface area contributed by atoms with Crippen molar-refractivity contribution < 1.29 is 8.42 Å². The van der Waals surface area contributed by atoms with Crippen molar-refractivity contribution in [2.24, 2.45) is 0 Å². The fraction of sp³-hybridized carbons (Fsp3) is 0.727. The van der Waals surface area contributed by atoms with Gasteiger partial charge in [0.1, 0.15) is 9.84 Å². The molecule has 0 amide bonds. The van der Waals surface area contributed by atoms with E-state index >= 15 is 0 Å². The smallest absolute Gasteiger partial charge is 0.185 e. The zero-order chi connectivity index (χ0) is 13.2. The van der Waals surface area contributed by atoms with Gasteiger partial charge in [-0.25, -0.2) is 13.4 Å². The maximum atomic E-state index is 11.1. The van der Waals surface area contributed by atoms with Gasteiger partial charge < -0.3 is 4.90 Å². The van der Waals surface area contributed by atoms with E-state index in [0.717, 1.165) is 37.0 Å². The van der Waals surface area contributed by atoms with E-state index in [4.69, 9.17) is 0 Å². The largest absolute Gasteiger partial charge is 0.346 e. The number of nitrogens with zero attached hydrogens (tertiary/aromatic N) is 3. The third-order valence-corrected chi connectivity index (χ3v) is 4.97. The predicted molar refractivity (Wildman–Crippen MR) is 75.2 cm³/mol. The van der Waals surface area contributed by atoms with Crippen molar-refractivity contribution in [3.8, 4) is 0 Å². The molecular formula is C11H19N3O2S2. The monoisotopic (exact) mass is 289 g/mol. The summed E-state index contributed by atoms with van der Waals surface area (Å²) in [6.45, 7) is 6.32. The van der Waals surface area contributed by atoms with E-state index in [1.165, 1.54) is 6.26 Å². The van der Waals surface area contributed by atoms with Crippen LogP contribution >= 0.6 is 11.3 Å². The first-order valence-corrected chi connectivity index (χ1v) is 8.95. The van der Waals surface area contributed by atoms with Gasteiger partial charge in [0.2, 0.25) is 0 Å². The van der Waals surface area contributed by atoms with E-state index < -0.39 is 9.84 Å². The number of rotatable bonds is 4. The van der Waals surface area contributed by atoms with Crippen LogP contribution in [0.3, 0.4) is 0 Å². The SMILES string of the molecule is Cc1csc(N2CCN(CCS(C)(=O)=O)CC2)n1. The molecule has 2 heterocycles. The summed E-state index contributed by atoms with van der Waals surface area (Å²) in [5.74, 6) is 0.253. The molecule has 0 spiro atoms. The molecule has 7 heteroatoms. The van der Waals surface area contributed by atoms with Crippen LogP contribution in [0.25, 0.3) is 0 Å². The fourth-order valence-corrected chi connectivity index (χ4v) is 3.39. The lowest BCUT2D eigenvalue weighted by atomic mass is 10.3. The summed E-state index contributed by atoms with van der Waals surface area (Å²) in [7, 11) is -2.85. The summed E-state index contributed by atoms with van der Waals surface area (Å²) in [5, 5.41) is 3.14. The van der Waals surface area contributed by atoms with Crippen LogP contribution in [0, 0.1) is 6.92 Å². The van der Waals surface area contributed by atoms with E-state index in [0.29, 0.717) is 6.54 Å². The molecule has 1 aliphatic rings. The molecule has 102 valence electrons. The Kier molecular flexibility index (Phi) is 4.24. The number of aryl methyl sites for hydroxylation is 1. The molecule has 5 nitrogen and oxygen atoms in total. The summed E-state index contributed by atoms with van der Waals surface area (Å²) in [6, 6.07) is 0. The van der Waals surface area contributed by atoms with Gasteiger partial charge in [-0.3, -0.25) is 4.90 Å². The van der Waals surface area contributed by atoms with E-state index in [1.807, 2.05) is 6.92 Å². The molecule has 1 aliphatic heterocycles. The molecule has 18 heavy (non-hydrogen) atoms. The Bertz CT molecular complexity index is 490. The highest BCUT2D eigenvalue weighted by molar-refractivity contribution is 7.90. The summed E-state index contributed by atoms with van der Waals surface area (Å²) in [6.07, 6.45) is 1.29. The zero-order valence-electron chi connectivity index (χ0n) is 10.8. The van der Waals surface area contributed by atoms with Gasteiger partial charge in [0.05, 0.1) is 11.4 Å². The standard InChI is InChI=1S/C11H19N3O2S2/c1-10-9-17-11(12-10)14-5-3-13(4-6-14)7-8-18(2,15)16/h9H,3-8H2,1-2H3. The minimum atomic E-state index is -2.85. The van der Waals surface area contributed by atoms with Gasteiger partial charge in [0, 0.05) is 44.4 Å². The Morgan fingerprint density at radius 1 is 1.33 bits per heavy atom. The maximum absolute atomic E-state index is 11.1. The second-order valence-corrected chi connectivity index (χ2v) is 7.83. The van der Waals surface area contributed by atoms with Crippen LogP contribution in [0.15, 0.2) is 5.38 Å². The first-order valence-electron chi connectivity index (χ1n) is 6.01. The number of hydrogen-bond donors (Lipinski definition) is 0. The highest BCUT2D eigenvalue weighted by Crippen LogP contribution is 2.21. The number of thiazole rings is 1. The second-order valence-electron chi connectivity index (χ2n) is 4.73. The van der Waals surface area contributed by atoms with Gasteiger partial charge in [0.15, 0.2) is 5.13 Å². The van der Waals surface area contributed by atoms with Crippen LogP contribution in [-0.2, 0) is 9.84 Å². The number of piperazine rings is 1. The molecule has 0 aromatic carbocycles. The summed E-state index contributed by atoms with van der Waals surface area (Å²) in [5.41, 5.74) is 1.06. The number of aromatic nitrogens is 1. The van der Waals surface area contributed by atoms with Crippen molar-refractivity contribution in [2.45, 2.75) is 6.92 Å². The molecule has 0 saturated carbocycles. The first kappa shape index (κ1) is 13.8. The number of anilines is 1. The molecule has 0 radical (unpaired) electrons. The quantitative estimate of drug-likeness (QED) is 0.813. The van der Waals surface area contributed by atoms with Crippen LogP contribution in [0.5, 0.6) is 0 Å². The third kappa shape index (κ3) is 3.93. The molecule has 0 N–H and O–H groups in total. The van der Waals surface area contributed by atoms with Crippen molar-refractivity contribution in [1.29, 1.82) is 0 Å². The molecule has 0 atom stereocenters. The Hall–Kier alpha value is -0.660. The lowest BCUT2D eigenvalue weighted by Gasteiger charge is -2.34. The lowest BCUT2D eigenvalue weighted by molar-refractivity contribution is 0.272. The molecule has 1 saturated heterocycles. The third-order valence-electron chi connectivity index (χ3n) is 3.03. The molecule has 1 aromatic rings. The Morgan fingerprint density at radius 2 is 2.00 bits per heavy atom. The van der Waals surface area contributed by atoms with Gasteiger partial charge >= 0.3 is 0 Å². The Labute approximate surface area is 112 Å². The van der Waals surface area contributed by atoms with Crippen LogP contribution in [0.1, 0.15) is 5.69 Å². The van der Waals surface area contributed by atoms with Crippen LogP contribution in [0.4, 0.5) is 5.13 Å². The number of hydrogen-bond acceptors (Lipinski definition) is 6. The fourth-order valence-electron chi connectivity index (χ4n) is 1.94. The first-order chi connectivity index (χ1) is 8.44. The van der Waals surface area contributed by atoms with Crippen LogP contribution in [-0.4, -0.2) is 63.0 Å². The minimum Gasteiger partial charge on any atom is -0.346 e. The van der Waals surface area contributed by atoms with Crippen molar-refractivity contribution in [2.75, 3.05) is 49.6 Å². The molecule has 2 rings (SSSR count). The van der Waals surface area contributed by atoms with Gasteiger partial charge in [-0.05, 0) is 6.92 Å². The Balaban J connectivity index is 1.81. The highest BCUT2D eigenvalue weighted by Gasteiger charge is 2.19. The van der Waals surface area contributed by atoms with Crippen LogP contribution in [0.2, 0.25) is 0 Å². The molecule has 0 aliphatic carbocycles. The van der Waals surface area contributed by atoms with Crippen molar-refractivity contribution in [3.05, 3.63) is 11.1 Å². The summed E-state index contributed by atoms with van der Waals surface area (Å²) in [4.78, 5) is 8.95. The molecule has 1 aromatic heterocycles. The molecule has 1 fully saturated rings. The lowest BCUT2D eigenvalue weighted by Crippen LogP contribution is -2.47. The highest BCUT2D eigenvalue weighted by atomic mass is 32.2. The van der Waals surface area contributed by atoms with Crippen molar-refractivity contribution in [3.63, 3.8) is 0 Å². The van der Waals surface area contributed by atoms with E-state index in [1.54, 1.807) is 11.3 Å². The van der Waals surface area contributed by atoms with E-state index in [9.17, 15) is 8.42 Å². The van der Waals surface area contributed by atoms with Gasteiger partial charge in [-0.1, -0.05) is 0 Å². The minimum absolute atomic E-state index is 0.253. The van der Waals surface area contributed by atoms with Crippen LogP contribution < -0.4 is 4.90 Å². The summed E-state index contributed by atoms with van der Waals surface area (Å²) >= 11 is 1.68. The molecule has 0 unspecified atom stereocenters. The van der Waals surface area contributed by atoms with Gasteiger partial charge in [-0.15, -0.1) is 11.3 Å². The number of sulfone groups is 1. The van der Waals surface area contributed by atoms with E-state index in [2.05, 4.69) is 20.2 Å². The normalized spacial score (nSPS) is 18.2. The van der Waals surface area contributed by atoms with Crippen molar-refractivity contribution in [1.82, 2.24) is 9.88 Å². The average molecular weight is 289 g/mol. The Morgan fingerprint density at radius 3 is 2.50 bits per heavy atom. The van der Waals surface area contributed by atoms with E-state index in [-0.39, 0.29) is 5.75 Å². The molecular weight excluding hydrogens is 270 g/mol. The predicted octanol–water partition coefficient (Wildman–Crippen LogP) is 0.618. The molecule has 0 bridgehead atoms. The zero-order valence-corrected chi connectivity index (χ0v) is 12.4. The summed E-state index contributed by atoms with van der Waals surface area (Å²) < 4.78 is 22.2. The topological polar surface area (TPSA) is 53.5 Å².